The quantitative estimate of drug-likeness (QED) is 0.692. The third kappa shape index (κ3) is 3.07. The molecule has 0 aliphatic heterocycles. The van der Waals surface area contributed by atoms with Crippen LogP contribution < -0.4 is 0 Å². The van der Waals surface area contributed by atoms with Crippen LogP contribution in [0.4, 0.5) is 0 Å². The van der Waals surface area contributed by atoms with Crippen LogP contribution in [0.3, 0.4) is 0 Å². The lowest BCUT2D eigenvalue weighted by Gasteiger charge is -2.55. The van der Waals surface area contributed by atoms with Gasteiger partial charge in [0.2, 0.25) is 5.89 Å². The number of carbonyl (C=O) groups is 1. The zero-order chi connectivity index (χ0) is 16.9. The van der Waals surface area contributed by atoms with Gasteiger partial charge in [0.25, 0.3) is 5.22 Å². The Kier molecular flexibility index (Phi) is 4.18. The first kappa shape index (κ1) is 16.3. The van der Waals surface area contributed by atoms with E-state index in [0.717, 1.165) is 42.9 Å². The predicted octanol–water partition coefficient (Wildman–Crippen LogP) is 4.99. The number of thioether (sulfide) groups is 1. The topological polar surface area (TPSA) is 56.0 Å². The maximum absolute atomic E-state index is 13.1. The number of carbonyl (C=O) groups excluding carboxylic acids is 1. The monoisotopic (exact) mass is 360 g/mol. The molecule has 0 radical (unpaired) electrons. The average Bonchev–Trinajstić information content (AvgIpc) is 3.08. The fourth-order valence-electron chi connectivity index (χ4n) is 6.53. The molecule has 136 valence electrons. The first-order valence-corrected chi connectivity index (χ1v) is 11.2. The van der Waals surface area contributed by atoms with E-state index < -0.39 is 0 Å². The number of ketones is 1. The molecule has 1 aromatic heterocycles. The summed E-state index contributed by atoms with van der Waals surface area (Å²) in [6.45, 7) is 0. The SMILES string of the molecule is O=C(CSc1nnc(C2CCCCC2)o1)C12CC3CC(CC(C3)C1)C2. The predicted molar refractivity (Wildman–Crippen MR) is 96.5 cm³/mol. The van der Waals surface area contributed by atoms with Crippen LogP contribution in [0.15, 0.2) is 9.64 Å². The molecule has 5 aliphatic rings. The number of nitrogens with zero attached hydrogens (tertiary/aromatic N) is 2. The summed E-state index contributed by atoms with van der Waals surface area (Å²) in [7, 11) is 0. The molecule has 0 unspecified atom stereocenters. The van der Waals surface area contributed by atoms with Crippen LogP contribution in [-0.2, 0) is 4.79 Å². The van der Waals surface area contributed by atoms with Gasteiger partial charge >= 0.3 is 0 Å². The van der Waals surface area contributed by atoms with Crippen LogP contribution in [0, 0.1) is 23.2 Å². The third-order valence-electron chi connectivity index (χ3n) is 7.33. The molecule has 5 aliphatic carbocycles. The summed E-state index contributed by atoms with van der Waals surface area (Å²) in [5, 5.41) is 9.06. The zero-order valence-corrected chi connectivity index (χ0v) is 15.7. The molecule has 4 bridgehead atoms. The van der Waals surface area contributed by atoms with Gasteiger partial charge in [0.1, 0.15) is 5.78 Å². The molecule has 0 N–H and O–H groups in total. The second kappa shape index (κ2) is 6.40. The normalized spacial score (nSPS) is 37.5. The summed E-state index contributed by atoms with van der Waals surface area (Å²) in [6, 6.07) is 0. The standard InChI is InChI=1S/C20H28N2O2S/c23-17(20-9-13-6-14(10-20)8-15(7-13)11-20)12-25-19-22-21-18(24-19)16-4-2-1-3-5-16/h13-16H,1-12H2. The Morgan fingerprint density at radius 1 is 1.00 bits per heavy atom. The van der Waals surface area contributed by atoms with Crippen LogP contribution in [0.5, 0.6) is 0 Å². The van der Waals surface area contributed by atoms with Crippen molar-refractivity contribution in [1.82, 2.24) is 10.2 Å². The molecule has 4 nitrogen and oxygen atoms in total. The van der Waals surface area contributed by atoms with Crippen LogP contribution in [0.25, 0.3) is 0 Å². The molecule has 5 saturated carbocycles. The number of aromatic nitrogens is 2. The van der Waals surface area contributed by atoms with E-state index in [4.69, 9.17) is 4.42 Å². The smallest absolute Gasteiger partial charge is 0.277 e. The van der Waals surface area contributed by atoms with E-state index in [1.807, 2.05) is 0 Å². The molecule has 5 fully saturated rings. The number of hydrogen-bond acceptors (Lipinski definition) is 5. The Hall–Kier alpha value is -0.840. The van der Waals surface area contributed by atoms with Gasteiger partial charge in [-0.05, 0) is 69.1 Å². The highest BCUT2D eigenvalue weighted by molar-refractivity contribution is 7.99. The van der Waals surface area contributed by atoms with Crippen molar-refractivity contribution < 1.29 is 9.21 Å². The lowest BCUT2D eigenvalue weighted by atomic mass is 9.48. The summed E-state index contributed by atoms with van der Waals surface area (Å²) in [6.07, 6.45) is 13.8. The minimum Gasteiger partial charge on any atom is -0.416 e. The Balaban J connectivity index is 1.21. The molecule has 0 atom stereocenters. The van der Waals surface area contributed by atoms with Crippen molar-refractivity contribution in [2.24, 2.45) is 23.2 Å². The Labute approximate surface area is 153 Å². The van der Waals surface area contributed by atoms with E-state index in [0.29, 0.717) is 22.7 Å². The lowest BCUT2D eigenvalue weighted by Crippen LogP contribution is -2.50. The van der Waals surface area contributed by atoms with E-state index in [2.05, 4.69) is 10.2 Å². The molecule has 6 rings (SSSR count). The van der Waals surface area contributed by atoms with E-state index in [9.17, 15) is 4.79 Å². The fourth-order valence-corrected chi connectivity index (χ4v) is 7.33. The van der Waals surface area contributed by atoms with Crippen molar-refractivity contribution in [3.8, 4) is 0 Å². The van der Waals surface area contributed by atoms with Crippen molar-refractivity contribution in [2.45, 2.75) is 81.8 Å². The van der Waals surface area contributed by atoms with Crippen LogP contribution in [-0.4, -0.2) is 21.7 Å². The van der Waals surface area contributed by atoms with E-state index >= 15 is 0 Å². The molecule has 1 heterocycles. The average molecular weight is 361 g/mol. The molecular weight excluding hydrogens is 332 g/mol. The van der Waals surface area contributed by atoms with Crippen molar-refractivity contribution in [3.63, 3.8) is 0 Å². The zero-order valence-electron chi connectivity index (χ0n) is 14.9. The fraction of sp³-hybridized carbons (Fsp3) is 0.850. The van der Waals surface area contributed by atoms with Gasteiger partial charge in [-0.3, -0.25) is 4.79 Å². The van der Waals surface area contributed by atoms with Crippen molar-refractivity contribution in [3.05, 3.63) is 5.89 Å². The minimum absolute atomic E-state index is 0.00598. The molecule has 0 amide bonds. The summed E-state index contributed by atoms with van der Waals surface area (Å²) >= 11 is 1.47. The van der Waals surface area contributed by atoms with Gasteiger partial charge in [-0.1, -0.05) is 31.0 Å². The van der Waals surface area contributed by atoms with Gasteiger partial charge in [0, 0.05) is 11.3 Å². The number of Topliss-reactive ketones (excluding diaryl/α,β-unsaturated/α-hetero) is 1. The van der Waals surface area contributed by atoms with Gasteiger partial charge in [-0.15, -0.1) is 10.2 Å². The highest BCUT2D eigenvalue weighted by atomic mass is 32.2. The summed E-state index contributed by atoms with van der Waals surface area (Å²) in [4.78, 5) is 13.1. The van der Waals surface area contributed by atoms with Gasteiger partial charge < -0.3 is 4.42 Å². The Morgan fingerprint density at radius 3 is 2.28 bits per heavy atom. The molecular formula is C20H28N2O2S. The molecule has 0 spiro atoms. The number of rotatable bonds is 5. The third-order valence-corrected chi connectivity index (χ3v) is 8.15. The van der Waals surface area contributed by atoms with Gasteiger partial charge in [0.05, 0.1) is 5.75 Å². The highest BCUT2D eigenvalue weighted by Crippen LogP contribution is 2.60. The lowest BCUT2D eigenvalue weighted by molar-refractivity contribution is -0.141. The summed E-state index contributed by atoms with van der Waals surface area (Å²) in [5.41, 5.74) is -0.00598. The maximum atomic E-state index is 13.1. The van der Waals surface area contributed by atoms with E-state index in [-0.39, 0.29) is 5.41 Å². The highest BCUT2D eigenvalue weighted by Gasteiger charge is 2.54. The van der Waals surface area contributed by atoms with Crippen LogP contribution in [0.2, 0.25) is 0 Å². The first-order valence-electron chi connectivity index (χ1n) is 10.2. The van der Waals surface area contributed by atoms with Gasteiger partial charge in [-0.25, -0.2) is 0 Å². The van der Waals surface area contributed by atoms with Crippen molar-refractivity contribution >= 4 is 17.5 Å². The van der Waals surface area contributed by atoms with E-state index in [1.54, 1.807) is 0 Å². The first-order chi connectivity index (χ1) is 12.2. The Bertz CT molecular complexity index is 615. The summed E-state index contributed by atoms with van der Waals surface area (Å²) in [5.74, 6) is 4.66. The number of hydrogen-bond donors (Lipinski definition) is 0. The second-order valence-corrected chi connectivity index (χ2v) is 10.1. The van der Waals surface area contributed by atoms with Gasteiger partial charge in [0.15, 0.2) is 0 Å². The molecule has 5 heteroatoms. The largest absolute Gasteiger partial charge is 0.416 e. The molecule has 1 aromatic rings. The minimum atomic E-state index is -0.00598. The second-order valence-electron chi connectivity index (χ2n) is 9.15. The maximum Gasteiger partial charge on any atom is 0.277 e. The van der Waals surface area contributed by atoms with Crippen molar-refractivity contribution in [1.29, 1.82) is 0 Å². The van der Waals surface area contributed by atoms with Crippen LogP contribution >= 0.6 is 11.8 Å². The van der Waals surface area contributed by atoms with E-state index in [1.165, 1.54) is 63.1 Å². The van der Waals surface area contributed by atoms with Crippen LogP contribution in [0.1, 0.15) is 82.4 Å². The van der Waals surface area contributed by atoms with Gasteiger partial charge in [-0.2, -0.15) is 0 Å². The Morgan fingerprint density at radius 2 is 1.64 bits per heavy atom. The molecule has 0 aromatic carbocycles. The summed E-state index contributed by atoms with van der Waals surface area (Å²) < 4.78 is 5.88. The molecule has 25 heavy (non-hydrogen) atoms. The molecule has 0 saturated heterocycles. The van der Waals surface area contributed by atoms with Crippen molar-refractivity contribution in [2.75, 3.05) is 5.75 Å².